The SMILES string of the molecule is CSC(=S)n1ccc2cc(Br)ccc21. The Hall–Kier alpha value is -0.320. The smallest absolute Gasteiger partial charge is 0.144 e. The van der Waals surface area contributed by atoms with Crippen LogP contribution in [0.4, 0.5) is 0 Å². The molecule has 0 N–H and O–H groups in total. The fourth-order valence-electron chi connectivity index (χ4n) is 1.37. The Morgan fingerprint density at radius 1 is 1.43 bits per heavy atom. The molecule has 1 aromatic heterocycles. The maximum absolute atomic E-state index is 5.25. The molecule has 0 spiro atoms. The van der Waals surface area contributed by atoms with Crippen LogP contribution >= 0.6 is 39.9 Å². The molecule has 2 rings (SSSR count). The largest absolute Gasteiger partial charge is 0.302 e. The summed E-state index contributed by atoms with van der Waals surface area (Å²) in [5, 5.41) is 1.20. The minimum Gasteiger partial charge on any atom is -0.302 e. The highest BCUT2D eigenvalue weighted by Gasteiger charge is 2.04. The first-order valence-corrected chi connectivity index (χ1v) is 6.50. The molecule has 0 unspecified atom stereocenters. The molecule has 0 saturated carbocycles. The molecule has 1 heterocycles. The minimum absolute atomic E-state index is 0.877. The second-order valence-electron chi connectivity index (χ2n) is 2.86. The Morgan fingerprint density at radius 2 is 2.21 bits per heavy atom. The van der Waals surface area contributed by atoms with Gasteiger partial charge in [-0.3, -0.25) is 0 Å². The number of benzene rings is 1. The summed E-state index contributed by atoms with van der Waals surface area (Å²) in [5.74, 6) is 0. The average Bonchev–Trinajstić information content (AvgIpc) is 2.59. The molecule has 1 nitrogen and oxygen atoms in total. The van der Waals surface area contributed by atoms with E-state index in [1.54, 1.807) is 11.8 Å². The zero-order valence-electron chi connectivity index (χ0n) is 7.53. The van der Waals surface area contributed by atoms with Gasteiger partial charge in [-0.1, -0.05) is 39.9 Å². The lowest BCUT2D eigenvalue weighted by atomic mass is 10.2. The molecule has 0 bridgehead atoms. The van der Waals surface area contributed by atoms with E-state index in [0.717, 1.165) is 14.3 Å². The number of nitrogens with zero attached hydrogens (tertiary/aromatic N) is 1. The van der Waals surface area contributed by atoms with Gasteiger partial charge >= 0.3 is 0 Å². The van der Waals surface area contributed by atoms with Gasteiger partial charge in [0, 0.05) is 16.1 Å². The normalized spacial score (nSPS) is 10.7. The Balaban J connectivity index is 2.64. The predicted molar refractivity (Wildman–Crippen MR) is 71.1 cm³/mol. The fraction of sp³-hybridized carbons (Fsp3) is 0.100. The highest BCUT2D eigenvalue weighted by Crippen LogP contribution is 2.22. The maximum Gasteiger partial charge on any atom is 0.144 e. The predicted octanol–water partition coefficient (Wildman–Crippen LogP) is 3.90. The average molecular weight is 286 g/mol. The van der Waals surface area contributed by atoms with Crippen LogP contribution in [0.3, 0.4) is 0 Å². The van der Waals surface area contributed by atoms with E-state index in [0.29, 0.717) is 0 Å². The van der Waals surface area contributed by atoms with Crippen molar-refractivity contribution < 1.29 is 0 Å². The van der Waals surface area contributed by atoms with E-state index in [1.807, 2.05) is 23.1 Å². The van der Waals surface area contributed by atoms with Crippen molar-refractivity contribution in [2.75, 3.05) is 6.26 Å². The number of hydrogen-bond donors (Lipinski definition) is 0. The highest BCUT2D eigenvalue weighted by atomic mass is 79.9. The molecular formula is C10H8BrNS2. The van der Waals surface area contributed by atoms with Crippen LogP contribution in [0.25, 0.3) is 10.9 Å². The minimum atomic E-state index is 0.877. The van der Waals surface area contributed by atoms with E-state index in [2.05, 4.69) is 34.1 Å². The topological polar surface area (TPSA) is 4.93 Å². The Labute approximate surface area is 101 Å². The first-order valence-electron chi connectivity index (χ1n) is 4.07. The van der Waals surface area contributed by atoms with Crippen molar-refractivity contribution in [3.8, 4) is 0 Å². The Bertz CT molecular complexity index is 490. The lowest BCUT2D eigenvalue weighted by Gasteiger charge is -2.03. The van der Waals surface area contributed by atoms with Crippen molar-refractivity contribution in [3.05, 3.63) is 34.9 Å². The van der Waals surface area contributed by atoms with Gasteiger partial charge in [0.25, 0.3) is 0 Å². The standard InChI is InChI=1S/C10H8BrNS2/c1-14-10(13)12-5-4-7-6-8(11)2-3-9(7)12/h2-6H,1H3. The number of thioether (sulfide) groups is 1. The summed E-state index contributed by atoms with van der Waals surface area (Å²) in [6, 6.07) is 8.26. The second-order valence-corrected chi connectivity index (χ2v) is 5.21. The monoisotopic (exact) mass is 285 g/mol. The number of halogens is 1. The third kappa shape index (κ3) is 1.74. The third-order valence-electron chi connectivity index (χ3n) is 2.02. The van der Waals surface area contributed by atoms with Crippen molar-refractivity contribution in [1.29, 1.82) is 0 Å². The zero-order valence-corrected chi connectivity index (χ0v) is 10.7. The highest BCUT2D eigenvalue weighted by molar-refractivity contribution is 9.10. The lowest BCUT2D eigenvalue weighted by Crippen LogP contribution is -2.01. The molecule has 0 aliphatic heterocycles. The van der Waals surface area contributed by atoms with Crippen LogP contribution in [-0.2, 0) is 0 Å². The van der Waals surface area contributed by atoms with Gasteiger partial charge in [0.1, 0.15) is 4.32 Å². The van der Waals surface area contributed by atoms with E-state index in [9.17, 15) is 0 Å². The molecule has 0 atom stereocenters. The third-order valence-corrected chi connectivity index (χ3v) is 3.76. The molecule has 0 aliphatic carbocycles. The molecule has 1 aromatic carbocycles. The van der Waals surface area contributed by atoms with Gasteiger partial charge in [-0.15, -0.1) is 0 Å². The molecule has 0 saturated heterocycles. The van der Waals surface area contributed by atoms with Crippen molar-refractivity contribution in [1.82, 2.24) is 4.57 Å². The molecule has 14 heavy (non-hydrogen) atoms. The van der Waals surface area contributed by atoms with E-state index < -0.39 is 0 Å². The van der Waals surface area contributed by atoms with Crippen LogP contribution < -0.4 is 0 Å². The summed E-state index contributed by atoms with van der Waals surface area (Å²) in [7, 11) is 0. The number of rotatable bonds is 0. The summed E-state index contributed by atoms with van der Waals surface area (Å²) in [4.78, 5) is 0. The van der Waals surface area contributed by atoms with Crippen molar-refractivity contribution >= 4 is 55.1 Å². The van der Waals surface area contributed by atoms with Crippen LogP contribution in [0.15, 0.2) is 34.9 Å². The fourth-order valence-corrected chi connectivity index (χ4v) is 2.26. The molecule has 0 fully saturated rings. The molecule has 0 aliphatic rings. The summed E-state index contributed by atoms with van der Waals surface area (Å²) in [6.45, 7) is 0. The van der Waals surface area contributed by atoms with Gasteiger partial charge in [0.05, 0.1) is 5.52 Å². The van der Waals surface area contributed by atoms with Crippen molar-refractivity contribution in [3.63, 3.8) is 0 Å². The lowest BCUT2D eigenvalue weighted by molar-refractivity contribution is 1.28. The van der Waals surface area contributed by atoms with E-state index in [-0.39, 0.29) is 0 Å². The Kier molecular flexibility index (Phi) is 2.95. The van der Waals surface area contributed by atoms with E-state index in [1.165, 1.54) is 5.39 Å². The van der Waals surface area contributed by atoms with Crippen LogP contribution in [0.1, 0.15) is 0 Å². The van der Waals surface area contributed by atoms with Gasteiger partial charge in [-0.25, -0.2) is 0 Å². The first-order chi connectivity index (χ1) is 6.72. The Morgan fingerprint density at radius 3 is 2.93 bits per heavy atom. The second kappa shape index (κ2) is 4.04. The molecule has 0 radical (unpaired) electrons. The van der Waals surface area contributed by atoms with E-state index >= 15 is 0 Å². The van der Waals surface area contributed by atoms with Crippen LogP contribution in [0, 0.1) is 0 Å². The van der Waals surface area contributed by atoms with Crippen LogP contribution in [0.2, 0.25) is 0 Å². The number of hydrogen-bond acceptors (Lipinski definition) is 2. The van der Waals surface area contributed by atoms with Crippen molar-refractivity contribution in [2.45, 2.75) is 0 Å². The number of fused-ring (bicyclic) bond motifs is 1. The molecular weight excluding hydrogens is 278 g/mol. The van der Waals surface area contributed by atoms with Gasteiger partial charge in [-0.05, 0) is 30.5 Å². The van der Waals surface area contributed by atoms with Gasteiger partial charge in [-0.2, -0.15) is 0 Å². The summed E-state index contributed by atoms with van der Waals surface area (Å²) in [6.07, 6.45) is 4.00. The van der Waals surface area contributed by atoms with Gasteiger partial charge in [0.2, 0.25) is 0 Å². The van der Waals surface area contributed by atoms with Gasteiger partial charge in [0.15, 0.2) is 0 Å². The zero-order chi connectivity index (χ0) is 10.1. The molecule has 72 valence electrons. The summed E-state index contributed by atoms with van der Waals surface area (Å²) < 4.78 is 4.00. The number of aromatic nitrogens is 1. The molecule has 0 amide bonds. The van der Waals surface area contributed by atoms with E-state index in [4.69, 9.17) is 12.2 Å². The van der Waals surface area contributed by atoms with Crippen molar-refractivity contribution in [2.24, 2.45) is 0 Å². The summed E-state index contributed by atoms with van der Waals surface area (Å²) >= 11 is 10.3. The van der Waals surface area contributed by atoms with Gasteiger partial charge < -0.3 is 4.57 Å². The van der Waals surface area contributed by atoms with Crippen LogP contribution in [0.5, 0.6) is 0 Å². The number of thiocarbonyl (C=S) groups is 1. The maximum atomic E-state index is 5.25. The first kappa shape index (κ1) is 10.2. The quantitative estimate of drug-likeness (QED) is 0.677. The van der Waals surface area contributed by atoms with Crippen LogP contribution in [-0.4, -0.2) is 15.1 Å². The molecule has 4 heteroatoms. The molecule has 2 aromatic rings. The summed E-state index contributed by atoms with van der Waals surface area (Å²) in [5.41, 5.74) is 1.16.